The third kappa shape index (κ3) is 1.61. The van der Waals surface area contributed by atoms with Crippen molar-refractivity contribution in [2.45, 2.75) is 12.2 Å². The highest BCUT2D eigenvalue weighted by molar-refractivity contribution is 9.11. The number of rotatable bonds is 1. The highest BCUT2D eigenvalue weighted by Gasteiger charge is 2.21. The standard InChI is InChI=1S/C8H9BrO2/c1-2-5-6(9)3-4-7(10)8(5)11/h2-4,7-8,10-11H,1H2/t7-,8+/m0/s1. The third-order valence-corrected chi connectivity index (χ3v) is 2.30. The van der Waals surface area contributed by atoms with Crippen molar-refractivity contribution in [1.82, 2.24) is 0 Å². The van der Waals surface area contributed by atoms with Crippen LogP contribution in [-0.4, -0.2) is 22.4 Å². The van der Waals surface area contributed by atoms with Gasteiger partial charge >= 0.3 is 0 Å². The summed E-state index contributed by atoms with van der Waals surface area (Å²) >= 11 is 3.23. The third-order valence-electron chi connectivity index (χ3n) is 1.58. The van der Waals surface area contributed by atoms with Crippen LogP contribution in [0.4, 0.5) is 0 Å². The van der Waals surface area contributed by atoms with Gasteiger partial charge in [-0.3, -0.25) is 0 Å². The molecule has 60 valence electrons. The number of hydrogen-bond donors (Lipinski definition) is 2. The average molecular weight is 217 g/mol. The van der Waals surface area contributed by atoms with Crippen molar-refractivity contribution in [3.63, 3.8) is 0 Å². The first-order chi connectivity index (χ1) is 5.16. The summed E-state index contributed by atoms with van der Waals surface area (Å²) in [7, 11) is 0. The molecule has 0 aromatic heterocycles. The van der Waals surface area contributed by atoms with E-state index in [2.05, 4.69) is 22.5 Å². The second-order valence-corrected chi connectivity index (χ2v) is 3.16. The summed E-state index contributed by atoms with van der Waals surface area (Å²) in [6.07, 6.45) is 3.09. The summed E-state index contributed by atoms with van der Waals surface area (Å²) in [5.41, 5.74) is 0.625. The van der Waals surface area contributed by atoms with Crippen molar-refractivity contribution < 1.29 is 10.2 Å². The molecule has 2 nitrogen and oxygen atoms in total. The molecule has 3 heteroatoms. The van der Waals surface area contributed by atoms with E-state index >= 15 is 0 Å². The van der Waals surface area contributed by atoms with Gasteiger partial charge in [-0.15, -0.1) is 0 Å². The minimum Gasteiger partial charge on any atom is -0.386 e. The van der Waals surface area contributed by atoms with Crippen LogP contribution >= 0.6 is 15.9 Å². The quantitative estimate of drug-likeness (QED) is 0.690. The normalized spacial score (nSPS) is 30.8. The Hall–Kier alpha value is -0.380. The van der Waals surface area contributed by atoms with Crippen LogP contribution in [0.5, 0.6) is 0 Å². The van der Waals surface area contributed by atoms with Crippen molar-refractivity contribution in [3.8, 4) is 0 Å². The Labute approximate surface area is 73.7 Å². The summed E-state index contributed by atoms with van der Waals surface area (Å²) in [6, 6.07) is 0. The smallest absolute Gasteiger partial charge is 0.110 e. The first-order valence-corrected chi connectivity index (χ1v) is 4.02. The van der Waals surface area contributed by atoms with Gasteiger partial charge in [0, 0.05) is 4.48 Å². The van der Waals surface area contributed by atoms with Crippen molar-refractivity contribution >= 4 is 15.9 Å². The zero-order valence-corrected chi connectivity index (χ0v) is 7.45. The molecule has 11 heavy (non-hydrogen) atoms. The van der Waals surface area contributed by atoms with Gasteiger partial charge in [-0.1, -0.05) is 34.7 Å². The molecule has 0 bridgehead atoms. The highest BCUT2D eigenvalue weighted by atomic mass is 79.9. The Morgan fingerprint density at radius 1 is 1.55 bits per heavy atom. The zero-order valence-electron chi connectivity index (χ0n) is 5.87. The van der Waals surface area contributed by atoms with Crippen LogP contribution in [0.15, 0.2) is 34.9 Å². The molecule has 0 unspecified atom stereocenters. The Morgan fingerprint density at radius 3 is 2.64 bits per heavy atom. The molecule has 1 rings (SSSR count). The Balaban J connectivity index is 2.98. The molecule has 2 N–H and O–H groups in total. The second kappa shape index (κ2) is 3.34. The van der Waals surface area contributed by atoms with Crippen molar-refractivity contribution in [2.75, 3.05) is 0 Å². The van der Waals surface area contributed by atoms with E-state index in [0.29, 0.717) is 5.57 Å². The van der Waals surface area contributed by atoms with Gasteiger partial charge in [0.2, 0.25) is 0 Å². The van der Waals surface area contributed by atoms with E-state index in [1.807, 2.05) is 0 Å². The molecule has 1 aliphatic rings. The Bertz CT molecular complexity index is 230. The first-order valence-electron chi connectivity index (χ1n) is 3.23. The van der Waals surface area contributed by atoms with Crippen LogP contribution in [0.3, 0.4) is 0 Å². The van der Waals surface area contributed by atoms with Crippen molar-refractivity contribution in [2.24, 2.45) is 0 Å². The lowest BCUT2D eigenvalue weighted by Crippen LogP contribution is -2.27. The van der Waals surface area contributed by atoms with Gasteiger partial charge in [0.15, 0.2) is 0 Å². The maximum atomic E-state index is 9.35. The molecule has 0 amide bonds. The number of hydrogen-bond acceptors (Lipinski definition) is 2. The van der Waals surface area contributed by atoms with Gasteiger partial charge in [0.05, 0.1) is 0 Å². The van der Waals surface area contributed by atoms with E-state index in [0.717, 1.165) is 4.48 Å². The molecule has 0 aromatic carbocycles. The summed E-state index contributed by atoms with van der Waals surface area (Å²) < 4.78 is 0.769. The minimum atomic E-state index is -0.855. The fraction of sp³-hybridized carbons (Fsp3) is 0.250. The number of halogens is 1. The number of allylic oxidation sites excluding steroid dienone is 2. The lowest BCUT2D eigenvalue weighted by molar-refractivity contribution is 0.0736. The summed E-state index contributed by atoms with van der Waals surface area (Å²) in [5.74, 6) is 0. The summed E-state index contributed by atoms with van der Waals surface area (Å²) in [4.78, 5) is 0. The molecule has 0 aliphatic heterocycles. The topological polar surface area (TPSA) is 40.5 Å². The summed E-state index contributed by atoms with van der Waals surface area (Å²) in [6.45, 7) is 3.53. The fourth-order valence-corrected chi connectivity index (χ4v) is 1.48. The van der Waals surface area contributed by atoms with E-state index in [4.69, 9.17) is 5.11 Å². The monoisotopic (exact) mass is 216 g/mol. The lowest BCUT2D eigenvalue weighted by Gasteiger charge is -2.20. The largest absolute Gasteiger partial charge is 0.386 e. The van der Waals surface area contributed by atoms with Crippen LogP contribution in [0, 0.1) is 0 Å². The van der Waals surface area contributed by atoms with Gasteiger partial charge < -0.3 is 10.2 Å². The van der Waals surface area contributed by atoms with Gasteiger partial charge in [-0.25, -0.2) is 0 Å². The van der Waals surface area contributed by atoms with Crippen LogP contribution in [0.25, 0.3) is 0 Å². The molecule has 0 aromatic rings. The first kappa shape index (κ1) is 8.71. The van der Waals surface area contributed by atoms with Crippen molar-refractivity contribution in [3.05, 3.63) is 34.9 Å². The van der Waals surface area contributed by atoms with Gasteiger partial charge in [0.25, 0.3) is 0 Å². The van der Waals surface area contributed by atoms with E-state index in [-0.39, 0.29) is 0 Å². The van der Waals surface area contributed by atoms with Crippen molar-refractivity contribution in [1.29, 1.82) is 0 Å². The highest BCUT2D eigenvalue weighted by Crippen LogP contribution is 2.24. The van der Waals surface area contributed by atoms with Gasteiger partial charge in [0.1, 0.15) is 12.2 Å². The minimum absolute atomic E-state index is 0.625. The molecule has 0 heterocycles. The van der Waals surface area contributed by atoms with Crippen LogP contribution in [0.1, 0.15) is 0 Å². The molecule has 2 atom stereocenters. The van der Waals surface area contributed by atoms with Gasteiger partial charge in [-0.2, -0.15) is 0 Å². The van der Waals surface area contributed by atoms with E-state index in [1.54, 1.807) is 6.08 Å². The Kier molecular flexibility index (Phi) is 2.65. The van der Waals surface area contributed by atoms with E-state index in [1.165, 1.54) is 12.2 Å². The van der Waals surface area contributed by atoms with Crippen LogP contribution in [0.2, 0.25) is 0 Å². The predicted octanol–water partition coefficient (Wildman–Crippen LogP) is 1.11. The predicted molar refractivity (Wildman–Crippen MR) is 47.3 cm³/mol. The fourth-order valence-electron chi connectivity index (χ4n) is 0.928. The molecule has 0 spiro atoms. The second-order valence-electron chi connectivity index (χ2n) is 2.30. The number of aliphatic hydroxyl groups is 2. The molecule has 0 radical (unpaired) electrons. The Morgan fingerprint density at radius 2 is 2.18 bits per heavy atom. The lowest BCUT2D eigenvalue weighted by atomic mass is 9.99. The SMILES string of the molecule is C=CC1=C(Br)C=C[C@H](O)[C@@H]1O. The van der Waals surface area contributed by atoms with E-state index in [9.17, 15) is 5.11 Å². The number of aliphatic hydroxyl groups excluding tert-OH is 2. The van der Waals surface area contributed by atoms with E-state index < -0.39 is 12.2 Å². The molecular formula is C8H9BrO2. The molecule has 0 fully saturated rings. The average Bonchev–Trinajstić information content (AvgIpc) is 1.99. The summed E-state index contributed by atoms with van der Waals surface area (Å²) in [5, 5.41) is 18.5. The molecular weight excluding hydrogens is 208 g/mol. The maximum Gasteiger partial charge on any atom is 0.110 e. The molecule has 1 aliphatic carbocycles. The molecule has 0 saturated carbocycles. The van der Waals surface area contributed by atoms with Gasteiger partial charge in [-0.05, 0) is 11.6 Å². The van der Waals surface area contributed by atoms with Crippen LogP contribution < -0.4 is 0 Å². The maximum absolute atomic E-state index is 9.35. The zero-order chi connectivity index (χ0) is 8.43. The molecule has 0 saturated heterocycles. The van der Waals surface area contributed by atoms with Crippen LogP contribution in [-0.2, 0) is 0 Å².